The van der Waals surface area contributed by atoms with Gasteiger partial charge in [0, 0.05) is 35.0 Å². The Bertz CT molecular complexity index is 1400. The van der Waals surface area contributed by atoms with E-state index >= 15 is 0 Å². The van der Waals surface area contributed by atoms with Crippen molar-refractivity contribution < 1.29 is 33.8 Å². The average molecular weight is 531 g/mol. The molecule has 3 aromatic rings. The highest BCUT2D eigenvalue weighted by molar-refractivity contribution is 8.00. The molecular formula is C19H16N9O6S2+. The van der Waals surface area contributed by atoms with Crippen molar-refractivity contribution in [1.82, 2.24) is 29.7 Å². The molecule has 0 spiro atoms. The molecule has 1 saturated heterocycles. The number of hydrogen-bond donors (Lipinski definition) is 4. The lowest BCUT2D eigenvalue weighted by Gasteiger charge is -2.49. The molecule has 2 amide bonds. The molecule has 1 fully saturated rings. The Morgan fingerprint density at radius 3 is 2.75 bits per heavy atom. The summed E-state index contributed by atoms with van der Waals surface area (Å²) in [5.74, 6) is -2.27. The number of aromatic nitrogens is 5. The normalized spacial score (nSPS) is 19.6. The zero-order valence-electron chi connectivity index (χ0n) is 18.0. The predicted octanol–water partition coefficient (Wildman–Crippen LogP) is -0.925. The number of rotatable bonds is 7. The van der Waals surface area contributed by atoms with E-state index in [1.165, 1.54) is 18.1 Å². The summed E-state index contributed by atoms with van der Waals surface area (Å²) in [7, 11) is 0. The molecule has 0 radical (unpaired) electrons. The van der Waals surface area contributed by atoms with Gasteiger partial charge >= 0.3 is 5.97 Å². The summed E-state index contributed by atoms with van der Waals surface area (Å²) >= 11 is 2.12. The van der Waals surface area contributed by atoms with Crippen LogP contribution in [0.1, 0.15) is 5.82 Å². The van der Waals surface area contributed by atoms with Crippen LogP contribution in [0.25, 0.3) is 11.5 Å². The first kappa shape index (κ1) is 23.4. The third-order valence-electron chi connectivity index (χ3n) is 5.38. The van der Waals surface area contributed by atoms with Gasteiger partial charge in [-0.2, -0.15) is 14.3 Å². The smallest absolute Gasteiger partial charge is 0.352 e. The minimum atomic E-state index is -1.25. The molecule has 17 heteroatoms. The quantitative estimate of drug-likeness (QED) is 0.0959. The number of β-lactam (4-membered cyclic amide) rings is 1. The fourth-order valence-corrected chi connectivity index (χ4v) is 5.53. The van der Waals surface area contributed by atoms with Gasteiger partial charge in [-0.3, -0.25) is 14.5 Å². The first-order chi connectivity index (χ1) is 17.4. The molecule has 5 rings (SSSR count). The van der Waals surface area contributed by atoms with E-state index < -0.39 is 34.9 Å². The predicted molar refractivity (Wildman–Crippen MR) is 122 cm³/mol. The minimum absolute atomic E-state index is 0.0681. The number of pyridine rings is 1. The number of carbonyl (C=O) groups excluding carboxylic acids is 2. The molecule has 0 saturated carbocycles. The highest BCUT2D eigenvalue weighted by Crippen LogP contribution is 2.40. The lowest BCUT2D eigenvalue weighted by molar-refractivity contribution is -0.689. The Balaban J connectivity index is 1.32. The Morgan fingerprint density at radius 2 is 2.14 bits per heavy atom. The molecule has 2 aliphatic heterocycles. The molecule has 0 bridgehead atoms. The van der Waals surface area contributed by atoms with Gasteiger partial charge in [-0.05, 0) is 0 Å². The Hall–Kier alpha value is -4.38. The summed E-state index contributed by atoms with van der Waals surface area (Å²) in [5.41, 5.74) is 6.09. The van der Waals surface area contributed by atoms with Crippen molar-refractivity contribution in [2.75, 3.05) is 11.5 Å². The van der Waals surface area contributed by atoms with Crippen molar-refractivity contribution >= 4 is 51.9 Å². The number of nitrogens with two attached hydrogens (primary N) is 1. The van der Waals surface area contributed by atoms with Gasteiger partial charge in [-0.25, -0.2) is 9.36 Å². The number of fused-ring (bicyclic) bond motifs is 1. The number of anilines is 1. The van der Waals surface area contributed by atoms with Gasteiger partial charge in [0.15, 0.2) is 30.4 Å². The number of carboxylic acid groups (broad SMARTS) is 1. The summed E-state index contributed by atoms with van der Waals surface area (Å²) < 4.78 is 10.6. The van der Waals surface area contributed by atoms with E-state index in [9.17, 15) is 24.7 Å². The molecule has 0 aromatic carbocycles. The topological polar surface area (TPSA) is 214 Å². The van der Waals surface area contributed by atoms with Crippen molar-refractivity contribution in [3.63, 3.8) is 0 Å². The standard InChI is InChI=1S/C19H15N9O6S2/c20-19-24-13(26-36-19)10(25-33)14(29)23-11-16(30)28-12(18(31)32)9(6-35-17(11)28)5-27-3-1-8(2-4-27)15-21-7-22-34-15/h1-4,7,11,17H,5-6H2,(H4-,20,23,24,26,29,31,32,33)/p+1/t11-,17+/m1/s1. The minimum Gasteiger partial charge on any atom is -0.477 e. The molecule has 3 aromatic heterocycles. The molecule has 0 aliphatic carbocycles. The van der Waals surface area contributed by atoms with Gasteiger partial charge in [-0.1, -0.05) is 10.3 Å². The van der Waals surface area contributed by atoms with Crippen LogP contribution in [0.2, 0.25) is 0 Å². The van der Waals surface area contributed by atoms with E-state index in [4.69, 9.17) is 10.3 Å². The summed E-state index contributed by atoms with van der Waals surface area (Å²) in [5, 5.41) is 27.5. The summed E-state index contributed by atoms with van der Waals surface area (Å²) in [6, 6.07) is 2.48. The van der Waals surface area contributed by atoms with Crippen LogP contribution >= 0.6 is 23.3 Å². The molecule has 5 heterocycles. The Kier molecular flexibility index (Phi) is 6.06. The van der Waals surface area contributed by atoms with E-state index in [1.807, 2.05) is 0 Å². The second kappa shape index (κ2) is 9.34. The van der Waals surface area contributed by atoms with Crippen molar-refractivity contribution in [1.29, 1.82) is 0 Å². The van der Waals surface area contributed by atoms with Gasteiger partial charge in [0.05, 0.1) is 5.56 Å². The molecule has 2 atom stereocenters. The van der Waals surface area contributed by atoms with E-state index in [0.717, 1.165) is 16.4 Å². The van der Waals surface area contributed by atoms with Crippen LogP contribution in [0.4, 0.5) is 5.13 Å². The summed E-state index contributed by atoms with van der Waals surface area (Å²) in [6.45, 7) is 0.227. The maximum Gasteiger partial charge on any atom is 0.352 e. The van der Waals surface area contributed by atoms with Gasteiger partial charge < -0.3 is 25.9 Å². The highest BCUT2D eigenvalue weighted by atomic mass is 32.2. The number of nitrogen functional groups attached to an aromatic ring is 1. The van der Waals surface area contributed by atoms with Crippen LogP contribution < -0.4 is 15.6 Å². The number of carboxylic acids is 1. The number of nitrogens with one attached hydrogen (secondary N) is 1. The molecule has 15 nitrogen and oxygen atoms in total. The second-order valence-corrected chi connectivity index (χ2v) is 9.42. The number of hydrogen-bond acceptors (Lipinski definition) is 13. The maximum absolute atomic E-state index is 12.9. The second-order valence-electron chi connectivity index (χ2n) is 7.53. The maximum atomic E-state index is 12.9. The average Bonchev–Trinajstić information content (AvgIpc) is 3.55. The van der Waals surface area contributed by atoms with Crippen molar-refractivity contribution in [2.24, 2.45) is 5.16 Å². The SMILES string of the molecule is Nc1nc(C(=NO)C(=O)N[C@@H]2C(=O)N3C(C(=O)O)=C(C[n+]4ccc(-c5ncno5)cc4)CS[C@@H]23)ns1. The molecule has 5 N–H and O–H groups in total. The third kappa shape index (κ3) is 4.13. The lowest BCUT2D eigenvalue weighted by atomic mass is 10.0. The van der Waals surface area contributed by atoms with Gasteiger partial charge in [0.1, 0.15) is 17.1 Å². The van der Waals surface area contributed by atoms with E-state index in [0.29, 0.717) is 22.8 Å². The van der Waals surface area contributed by atoms with Gasteiger partial charge in [-0.15, -0.1) is 11.8 Å². The first-order valence-electron chi connectivity index (χ1n) is 10.2. The van der Waals surface area contributed by atoms with Crippen LogP contribution in [0.15, 0.2) is 51.8 Å². The fraction of sp³-hybridized carbons (Fsp3) is 0.211. The zero-order valence-corrected chi connectivity index (χ0v) is 19.6. The lowest BCUT2D eigenvalue weighted by Crippen LogP contribution is -2.71. The Labute approximate surface area is 209 Å². The first-order valence-corrected chi connectivity index (χ1v) is 12.0. The summed E-state index contributed by atoms with van der Waals surface area (Å²) in [4.78, 5) is 46.5. The number of thioether (sulfide) groups is 1. The van der Waals surface area contributed by atoms with Gasteiger partial charge in [0.2, 0.25) is 11.5 Å². The van der Waals surface area contributed by atoms with Gasteiger partial charge in [0.25, 0.3) is 17.7 Å². The largest absolute Gasteiger partial charge is 0.477 e. The van der Waals surface area contributed by atoms with E-state index in [-0.39, 0.29) is 23.2 Å². The Morgan fingerprint density at radius 1 is 1.36 bits per heavy atom. The monoisotopic (exact) mass is 530 g/mol. The van der Waals surface area contributed by atoms with Crippen LogP contribution in [-0.4, -0.2) is 75.4 Å². The van der Waals surface area contributed by atoms with Crippen molar-refractivity contribution in [3.8, 4) is 11.5 Å². The fourth-order valence-electron chi connectivity index (χ4n) is 3.76. The number of oxime groups is 1. The van der Waals surface area contributed by atoms with Crippen LogP contribution in [0, 0.1) is 0 Å². The highest BCUT2D eigenvalue weighted by Gasteiger charge is 2.54. The molecule has 36 heavy (non-hydrogen) atoms. The number of nitrogens with zero attached hydrogens (tertiary/aromatic N) is 7. The molecule has 184 valence electrons. The molecular weight excluding hydrogens is 514 g/mol. The number of carbonyl (C=O) groups is 3. The van der Waals surface area contributed by atoms with Crippen LogP contribution in [0.3, 0.4) is 0 Å². The van der Waals surface area contributed by atoms with Crippen LogP contribution in [-0.2, 0) is 20.9 Å². The van der Waals surface area contributed by atoms with Crippen LogP contribution in [0.5, 0.6) is 0 Å². The van der Waals surface area contributed by atoms with E-state index in [1.54, 1.807) is 29.1 Å². The summed E-state index contributed by atoms with van der Waals surface area (Å²) in [6.07, 6.45) is 4.76. The molecule has 0 unspecified atom stereocenters. The number of aliphatic carboxylic acids is 1. The zero-order chi connectivity index (χ0) is 25.4. The molecule has 2 aliphatic rings. The van der Waals surface area contributed by atoms with Crippen molar-refractivity contribution in [3.05, 3.63) is 47.9 Å². The number of amides is 2. The van der Waals surface area contributed by atoms with Crippen molar-refractivity contribution in [2.45, 2.75) is 18.0 Å². The third-order valence-corrected chi connectivity index (χ3v) is 7.26. The van der Waals surface area contributed by atoms with E-state index in [2.05, 4.69) is 30.0 Å².